The van der Waals surface area contributed by atoms with E-state index in [0.29, 0.717) is 21.3 Å². The van der Waals surface area contributed by atoms with Gasteiger partial charge < -0.3 is 5.32 Å². The normalized spacial score (nSPS) is 11.9. The third-order valence-corrected chi connectivity index (χ3v) is 4.44. The predicted molar refractivity (Wildman–Crippen MR) is 102 cm³/mol. The Bertz CT molecular complexity index is 1050. The second kappa shape index (κ2) is 7.90. The van der Waals surface area contributed by atoms with Crippen LogP contribution in [0.3, 0.4) is 0 Å². The highest BCUT2D eigenvalue weighted by molar-refractivity contribution is 6.35. The molecule has 0 fully saturated rings. The van der Waals surface area contributed by atoms with Gasteiger partial charge in [0.1, 0.15) is 11.5 Å². The Labute approximate surface area is 164 Å². The van der Waals surface area contributed by atoms with Crippen molar-refractivity contribution >= 4 is 29.1 Å². The lowest BCUT2D eigenvalue weighted by Gasteiger charge is -2.16. The Morgan fingerprint density at radius 1 is 1.11 bits per heavy atom. The molecule has 3 aromatic rings. The van der Waals surface area contributed by atoms with Crippen LogP contribution in [0.5, 0.6) is 0 Å². The molecular weight excluding hydrogens is 392 g/mol. The summed E-state index contributed by atoms with van der Waals surface area (Å²) in [4.78, 5) is 24.6. The number of nitrogens with one attached hydrogen (secondary N) is 1. The van der Waals surface area contributed by atoms with Gasteiger partial charge in [0.2, 0.25) is 0 Å². The summed E-state index contributed by atoms with van der Waals surface area (Å²) < 4.78 is 14.1. The second-order valence-electron chi connectivity index (χ2n) is 5.81. The van der Waals surface area contributed by atoms with Crippen molar-refractivity contribution in [2.24, 2.45) is 0 Å². The first-order valence-corrected chi connectivity index (χ1v) is 8.73. The number of rotatable bonds is 4. The quantitative estimate of drug-likeness (QED) is 0.708. The molecule has 0 aliphatic heterocycles. The lowest BCUT2D eigenvalue weighted by Crippen LogP contribution is -2.30. The predicted octanol–water partition coefficient (Wildman–Crippen LogP) is 4.17. The van der Waals surface area contributed by atoms with Crippen molar-refractivity contribution in [3.8, 4) is 5.69 Å². The summed E-state index contributed by atoms with van der Waals surface area (Å²) in [6.07, 6.45) is 0. The zero-order valence-electron chi connectivity index (χ0n) is 14.1. The van der Waals surface area contributed by atoms with Crippen LogP contribution in [0.25, 0.3) is 5.69 Å². The summed E-state index contributed by atoms with van der Waals surface area (Å²) in [6, 6.07) is 12.4. The summed E-state index contributed by atoms with van der Waals surface area (Å²) in [7, 11) is 0. The Hall–Kier alpha value is -2.70. The molecule has 8 heteroatoms. The fourth-order valence-corrected chi connectivity index (χ4v) is 3.07. The molecule has 0 bridgehead atoms. The summed E-state index contributed by atoms with van der Waals surface area (Å²) in [6.45, 7) is 1.77. The Morgan fingerprint density at radius 2 is 1.81 bits per heavy atom. The average Bonchev–Trinajstić information content (AvgIpc) is 2.62. The van der Waals surface area contributed by atoms with Crippen LogP contribution < -0.4 is 10.9 Å². The van der Waals surface area contributed by atoms with Crippen molar-refractivity contribution < 1.29 is 9.18 Å². The Balaban J connectivity index is 1.85. The fourth-order valence-electron chi connectivity index (χ4n) is 2.50. The molecule has 1 heterocycles. The van der Waals surface area contributed by atoms with Gasteiger partial charge in [-0.3, -0.25) is 9.59 Å². The summed E-state index contributed by atoms with van der Waals surface area (Å²) in [5, 5.41) is 7.77. The van der Waals surface area contributed by atoms with Crippen LogP contribution >= 0.6 is 23.2 Å². The molecule has 3 rings (SSSR count). The van der Waals surface area contributed by atoms with Gasteiger partial charge in [0.05, 0.1) is 11.7 Å². The van der Waals surface area contributed by atoms with Gasteiger partial charge in [-0.25, -0.2) is 4.39 Å². The molecule has 2 aromatic carbocycles. The fraction of sp³-hybridized carbons (Fsp3) is 0.105. The highest BCUT2D eigenvalue weighted by Crippen LogP contribution is 2.26. The first-order valence-electron chi connectivity index (χ1n) is 7.97. The van der Waals surface area contributed by atoms with Gasteiger partial charge in [0.25, 0.3) is 11.5 Å². The van der Waals surface area contributed by atoms with E-state index < -0.39 is 23.3 Å². The summed E-state index contributed by atoms with van der Waals surface area (Å²) in [5.74, 6) is -0.918. The average molecular weight is 406 g/mol. The third kappa shape index (κ3) is 4.35. The van der Waals surface area contributed by atoms with Crippen LogP contribution in [0.4, 0.5) is 4.39 Å². The minimum absolute atomic E-state index is 0.0378. The molecule has 0 saturated carbocycles. The van der Waals surface area contributed by atoms with E-state index in [1.807, 2.05) is 0 Å². The van der Waals surface area contributed by atoms with Crippen LogP contribution in [-0.2, 0) is 0 Å². The van der Waals surface area contributed by atoms with E-state index in [0.717, 1.165) is 4.68 Å². The van der Waals surface area contributed by atoms with Gasteiger partial charge in [0, 0.05) is 16.1 Å². The standard InChI is InChI=1S/C19H14Cl2FN3O2/c1-11(15-7-2-12(20)10-16(15)21)23-19(27)17-8-9-18(26)25(24-17)14-5-3-13(22)4-6-14/h2-11H,1H3,(H,23,27). The van der Waals surface area contributed by atoms with Crippen LogP contribution in [0.15, 0.2) is 59.4 Å². The molecule has 1 atom stereocenters. The van der Waals surface area contributed by atoms with E-state index in [2.05, 4.69) is 10.4 Å². The zero-order valence-corrected chi connectivity index (χ0v) is 15.6. The number of benzene rings is 2. The van der Waals surface area contributed by atoms with Crippen molar-refractivity contribution in [2.75, 3.05) is 0 Å². The van der Waals surface area contributed by atoms with Crippen LogP contribution in [0.2, 0.25) is 10.0 Å². The number of amides is 1. The Morgan fingerprint density at radius 3 is 2.48 bits per heavy atom. The van der Waals surface area contributed by atoms with E-state index in [1.54, 1.807) is 25.1 Å². The van der Waals surface area contributed by atoms with Crippen LogP contribution in [-0.4, -0.2) is 15.7 Å². The number of hydrogen-bond acceptors (Lipinski definition) is 3. The highest BCUT2D eigenvalue weighted by Gasteiger charge is 2.16. The summed E-state index contributed by atoms with van der Waals surface area (Å²) >= 11 is 12.1. The van der Waals surface area contributed by atoms with E-state index >= 15 is 0 Å². The first kappa shape index (κ1) is 19.1. The van der Waals surface area contributed by atoms with Crippen molar-refractivity contribution in [2.45, 2.75) is 13.0 Å². The second-order valence-corrected chi connectivity index (χ2v) is 6.65. The van der Waals surface area contributed by atoms with E-state index in [-0.39, 0.29) is 5.69 Å². The van der Waals surface area contributed by atoms with Gasteiger partial charge >= 0.3 is 0 Å². The number of nitrogens with zero attached hydrogens (tertiary/aromatic N) is 2. The molecule has 1 amide bonds. The zero-order chi connectivity index (χ0) is 19.6. The van der Waals surface area contributed by atoms with Gasteiger partial charge in [-0.15, -0.1) is 0 Å². The number of hydrogen-bond donors (Lipinski definition) is 1. The summed E-state index contributed by atoms with van der Waals surface area (Å²) in [5.41, 5.74) is 0.647. The van der Waals surface area contributed by atoms with Gasteiger partial charge in [-0.1, -0.05) is 29.3 Å². The van der Waals surface area contributed by atoms with Crippen LogP contribution in [0, 0.1) is 5.82 Å². The number of carbonyl (C=O) groups is 1. The number of carbonyl (C=O) groups excluding carboxylic acids is 1. The smallest absolute Gasteiger partial charge is 0.272 e. The maximum Gasteiger partial charge on any atom is 0.272 e. The van der Waals surface area contributed by atoms with Gasteiger partial charge in [0.15, 0.2) is 0 Å². The van der Waals surface area contributed by atoms with Crippen molar-refractivity contribution in [1.29, 1.82) is 0 Å². The molecule has 0 saturated heterocycles. The monoisotopic (exact) mass is 405 g/mol. The maximum atomic E-state index is 13.1. The number of halogens is 3. The largest absolute Gasteiger partial charge is 0.344 e. The van der Waals surface area contributed by atoms with Crippen molar-refractivity contribution in [3.63, 3.8) is 0 Å². The van der Waals surface area contributed by atoms with E-state index in [9.17, 15) is 14.0 Å². The lowest BCUT2D eigenvalue weighted by molar-refractivity contribution is 0.0933. The molecule has 0 radical (unpaired) electrons. The molecule has 0 aliphatic rings. The molecule has 0 aliphatic carbocycles. The molecule has 1 aromatic heterocycles. The van der Waals surface area contributed by atoms with Crippen molar-refractivity contribution in [3.05, 3.63) is 92.1 Å². The van der Waals surface area contributed by atoms with Crippen molar-refractivity contribution in [1.82, 2.24) is 15.1 Å². The molecule has 5 nitrogen and oxygen atoms in total. The van der Waals surface area contributed by atoms with E-state index in [1.165, 1.54) is 36.4 Å². The molecule has 0 spiro atoms. The molecule has 1 unspecified atom stereocenters. The maximum absolute atomic E-state index is 13.1. The minimum Gasteiger partial charge on any atom is -0.344 e. The topological polar surface area (TPSA) is 64.0 Å². The lowest BCUT2D eigenvalue weighted by atomic mass is 10.1. The molecule has 1 N–H and O–H groups in total. The Kier molecular flexibility index (Phi) is 5.58. The molecule has 138 valence electrons. The SMILES string of the molecule is CC(NC(=O)c1ccc(=O)n(-c2ccc(F)cc2)n1)c1ccc(Cl)cc1Cl. The van der Waals surface area contributed by atoms with E-state index in [4.69, 9.17) is 23.2 Å². The number of aromatic nitrogens is 2. The third-order valence-electron chi connectivity index (χ3n) is 3.88. The molecular formula is C19H14Cl2FN3O2. The molecule has 27 heavy (non-hydrogen) atoms. The highest BCUT2D eigenvalue weighted by atomic mass is 35.5. The first-order chi connectivity index (χ1) is 12.8. The van der Waals surface area contributed by atoms with Gasteiger partial charge in [-0.05, 0) is 55.0 Å². The van der Waals surface area contributed by atoms with Gasteiger partial charge in [-0.2, -0.15) is 9.78 Å². The van der Waals surface area contributed by atoms with Crippen LogP contribution in [0.1, 0.15) is 29.0 Å². The minimum atomic E-state index is -0.482.